The quantitative estimate of drug-likeness (QED) is 0.317. The Bertz CT molecular complexity index is 728. The molecule has 2 aromatic rings. The monoisotopic (exact) mass is 506 g/mol. The summed E-state index contributed by atoms with van der Waals surface area (Å²) in [6.45, 7) is 8.06. The molecule has 0 unspecified atom stereocenters. The minimum Gasteiger partial charge on any atom is -0.496 e. The predicted molar refractivity (Wildman–Crippen MR) is 120 cm³/mol. The lowest BCUT2D eigenvalue weighted by molar-refractivity contribution is 0.380. The average molecular weight is 507 g/mol. The Morgan fingerprint density at radius 2 is 2.00 bits per heavy atom. The average Bonchev–Trinajstić information content (AvgIpc) is 3.06. The van der Waals surface area contributed by atoms with E-state index in [1.165, 1.54) is 0 Å². The van der Waals surface area contributed by atoms with E-state index in [2.05, 4.69) is 34.6 Å². The molecule has 0 aliphatic heterocycles. The van der Waals surface area contributed by atoms with E-state index in [1.807, 2.05) is 19.1 Å². The highest BCUT2D eigenvalue weighted by atomic mass is 127. The number of nitrogens with zero attached hydrogens (tertiary/aromatic N) is 2. The normalized spacial score (nSPS) is 11.1. The first kappa shape index (κ1) is 23.6. The number of halogens is 2. The van der Waals surface area contributed by atoms with Gasteiger partial charge < -0.3 is 19.9 Å². The van der Waals surface area contributed by atoms with Crippen molar-refractivity contribution in [3.05, 3.63) is 45.8 Å². The molecular weight excluding hydrogens is 479 g/mol. The van der Waals surface area contributed by atoms with E-state index in [1.54, 1.807) is 13.2 Å². The van der Waals surface area contributed by atoms with Crippen LogP contribution in [-0.4, -0.2) is 24.8 Å². The van der Waals surface area contributed by atoms with Gasteiger partial charge in [0.05, 0.1) is 19.3 Å². The van der Waals surface area contributed by atoms with Crippen molar-refractivity contribution in [2.45, 2.75) is 46.7 Å². The maximum absolute atomic E-state index is 6.02. The van der Waals surface area contributed by atoms with Crippen LogP contribution in [0, 0.1) is 0 Å². The molecule has 0 bridgehead atoms. The van der Waals surface area contributed by atoms with Crippen molar-refractivity contribution < 1.29 is 9.26 Å². The van der Waals surface area contributed by atoms with Crippen molar-refractivity contribution >= 4 is 41.5 Å². The third-order valence-corrected chi connectivity index (χ3v) is 4.28. The molecule has 8 heteroatoms. The van der Waals surface area contributed by atoms with Crippen LogP contribution < -0.4 is 15.4 Å². The lowest BCUT2D eigenvalue weighted by Crippen LogP contribution is -2.37. The summed E-state index contributed by atoms with van der Waals surface area (Å²) in [5.41, 5.74) is 3.08. The Hall–Kier alpha value is -1.48. The Morgan fingerprint density at radius 1 is 1.22 bits per heavy atom. The van der Waals surface area contributed by atoms with Crippen molar-refractivity contribution in [2.24, 2.45) is 4.99 Å². The van der Waals surface area contributed by atoms with Crippen LogP contribution in [0.2, 0.25) is 5.02 Å². The summed E-state index contributed by atoms with van der Waals surface area (Å²) in [4.78, 5) is 4.65. The Balaban J connectivity index is 0.00000364. The van der Waals surface area contributed by atoms with Crippen LogP contribution in [0.25, 0.3) is 0 Å². The molecule has 6 nitrogen and oxygen atoms in total. The molecule has 150 valence electrons. The second-order valence-corrected chi connectivity index (χ2v) is 6.18. The van der Waals surface area contributed by atoms with Gasteiger partial charge >= 0.3 is 0 Å². The first-order valence-corrected chi connectivity index (χ1v) is 9.31. The third kappa shape index (κ3) is 6.57. The summed E-state index contributed by atoms with van der Waals surface area (Å²) in [5, 5.41) is 11.4. The van der Waals surface area contributed by atoms with E-state index < -0.39 is 0 Å². The number of hydrogen-bond acceptors (Lipinski definition) is 4. The van der Waals surface area contributed by atoms with E-state index in [0.717, 1.165) is 53.7 Å². The summed E-state index contributed by atoms with van der Waals surface area (Å²) in [5.74, 6) is 2.39. The molecule has 1 aromatic heterocycles. The number of nitrogens with one attached hydrogen (secondary N) is 2. The molecule has 0 fully saturated rings. The van der Waals surface area contributed by atoms with Gasteiger partial charge in [-0.2, -0.15) is 0 Å². The number of rotatable bonds is 8. The summed E-state index contributed by atoms with van der Waals surface area (Å²) in [6, 6.07) is 5.57. The summed E-state index contributed by atoms with van der Waals surface area (Å²) < 4.78 is 10.8. The number of guanidine groups is 1. The van der Waals surface area contributed by atoms with Gasteiger partial charge in [-0.05, 0) is 25.5 Å². The van der Waals surface area contributed by atoms with Gasteiger partial charge in [0.25, 0.3) is 0 Å². The largest absolute Gasteiger partial charge is 0.496 e. The Kier molecular flexibility index (Phi) is 10.5. The molecule has 1 aromatic carbocycles. The number of ether oxygens (including phenoxy) is 1. The van der Waals surface area contributed by atoms with E-state index in [0.29, 0.717) is 18.1 Å². The molecule has 27 heavy (non-hydrogen) atoms. The molecule has 0 radical (unpaired) electrons. The first-order chi connectivity index (χ1) is 12.6. The number of hydrogen-bond donors (Lipinski definition) is 2. The molecule has 1 heterocycles. The highest BCUT2D eigenvalue weighted by molar-refractivity contribution is 14.0. The lowest BCUT2D eigenvalue weighted by Gasteiger charge is -2.12. The van der Waals surface area contributed by atoms with Crippen molar-refractivity contribution in [3.63, 3.8) is 0 Å². The molecular formula is C19H28ClIN4O2. The van der Waals surface area contributed by atoms with E-state index in [-0.39, 0.29) is 24.0 Å². The zero-order valence-corrected chi connectivity index (χ0v) is 19.4. The zero-order chi connectivity index (χ0) is 18.9. The second kappa shape index (κ2) is 12.1. The van der Waals surface area contributed by atoms with E-state index in [9.17, 15) is 0 Å². The molecule has 2 N–H and O–H groups in total. The molecule has 2 rings (SSSR count). The standard InChI is InChI=1S/C19H27ClN4O2.HI/c1-5-16-15(17(6-2)26-24-16)12-23-19(21-7-3)22-11-13-8-9-14(20)10-18(13)25-4;/h8-10H,5-7,11-12H2,1-4H3,(H2,21,22,23);1H. The van der Waals surface area contributed by atoms with Gasteiger partial charge in [0, 0.05) is 35.7 Å². The van der Waals surface area contributed by atoms with Crippen LogP contribution in [-0.2, 0) is 25.9 Å². The van der Waals surface area contributed by atoms with Crippen LogP contribution in [0.4, 0.5) is 0 Å². The fourth-order valence-corrected chi connectivity index (χ4v) is 2.83. The van der Waals surface area contributed by atoms with Gasteiger partial charge in [0.15, 0.2) is 5.96 Å². The fraction of sp³-hybridized carbons (Fsp3) is 0.474. The van der Waals surface area contributed by atoms with Gasteiger partial charge in [0.1, 0.15) is 11.5 Å². The summed E-state index contributed by atoms with van der Waals surface area (Å²) >= 11 is 6.02. The van der Waals surface area contributed by atoms with E-state index >= 15 is 0 Å². The maximum atomic E-state index is 6.02. The molecule has 0 spiro atoms. The van der Waals surface area contributed by atoms with Crippen LogP contribution in [0.5, 0.6) is 5.75 Å². The van der Waals surface area contributed by atoms with Gasteiger partial charge in [-0.1, -0.05) is 36.7 Å². The molecule has 0 atom stereocenters. The summed E-state index contributed by atoms with van der Waals surface area (Å²) in [6.07, 6.45) is 1.66. The molecule has 0 saturated heterocycles. The maximum Gasteiger partial charge on any atom is 0.191 e. The summed E-state index contributed by atoms with van der Waals surface area (Å²) in [7, 11) is 1.63. The topological polar surface area (TPSA) is 71.7 Å². The molecule has 0 aliphatic rings. The lowest BCUT2D eigenvalue weighted by atomic mass is 10.1. The van der Waals surface area contributed by atoms with Gasteiger partial charge in [0.2, 0.25) is 0 Å². The number of benzene rings is 1. The molecule has 0 amide bonds. The highest BCUT2D eigenvalue weighted by Crippen LogP contribution is 2.23. The predicted octanol–water partition coefficient (Wildman–Crippen LogP) is 4.33. The third-order valence-electron chi connectivity index (χ3n) is 4.04. The first-order valence-electron chi connectivity index (χ1n) is 8.93. The molecule has 0 aliphatic carbocycles. The van der Waals surface area contributed by atoms with Crippen molar-refractivity contribution in [1.29, 1.82) is 0 Å². The van der Waals surface area contributed by atoms with Crippen LogP contribution in [0.1, 0.15) is 43.4 Å². The highest BCUT2D eigenvalue weighted by Gasteiger charge is 2.13. The van der Waals surface area contributed by atoms with Gasteiger partial charge in [-0.15, -0.1) is 24.0 Å². The zero-order valence-electron chi connectivity index (χ0n) is 16.3. The van der Waals surface area contributed by atoms with Crippen LogP contribution in [0.3, 0.4) is 0 Å². The molecule has 0 saturated carbocycles. The SMILES string of the molecule is CCNC(=NCc1ccc(Cl)cc1OC)NCc1c(CC)noc1CC.I. The Morgan fingerprint density at radius 3 is 2.63 bits per heavy atom. The van der Waals surface area contributed by atoms with Gasteiger partial charge in [-0.3, -0.25) is 0 Å². The number of aryl methyl sites for hydroxylation is 2. The Labute approximate surface area is 183 Å². The minimum atomic E-state index is 0. The number of methoxy groups -OCH3 is 1. The van der Waals surface area contributed by atoms with Gasteiger partial charge in [-0.25, -0.2) is 4.99 Å². The van der Waals surface area contributed by atoms with E-state index in [4.69, 9.17) is 20.9 Å². The van der Waals surface area contributed by atoms with Crippen LogP contribution in [0.15, 0.2) is 27.7 Å². The fourth-order valence-electron chi connectivity index (χ4n) is 2.66. The van der Waals surface area contributed by atoms with Crippen molar-refractivity contribution in [3.8, 4) is 5.75 Å². The second-order valence-electron chi connectivity index (χ2n) is 5.74. The number of aromatic nitrogens is 1. The van der Waals surface area contributed by atoms with Crippen molar-refractivity contribution in [2.75, 3.05) is 13.7 Å². The van der Waals surface area contributed by atoms with Crippen LogP contribution >= 0.6 is 35.6 Å². The smallest absolute Gasteiger partial charge is 0.191 e. The minimum absolute atomic E-state index is 0. The number of aliphatic imine (C=N–C) groups is 1. The van der Waals surface area contributed by atoms with Crippen molar-refractivity contribution in [1.82, 2.24) is 15.8 Å².